The Morgan fingerprint density at radius 1 is 1.44 bits per heavy atom. The number of halogens is 2. The predicted octanol–water partition coefficient (Wildman–Crippen LogP) is 4.21. The number of hydrogen-bond donors (Lipinski definition) is 0. The van der Waals surface area contributed by atoms with Crippen LogP contribution in [0.1, 0.15) is 43.0 Å². The van der Waals surface area contributed by atoms with E-state index in [0.29, 0.717) is 10.9 Å². The first-order valence-corrected chi connectivity index (χ1v) is 6.60. The Labute approximate surface area is 111 Å². The van der Waals surface area contributed by atoms with Crippen molar-refractivity contribution in [1.29, 1.82) is 0 Å². The Morgan fingerprint density at radius 2 is 2.22 bits per heavy atom. The van der Waals surface area contributed by atoms with Gasteiger partial charge in [-0.3, -0.25) is 0 Å². The highest BCUT2D eigenvalue weighted by Crippen LogP contribution is 2.27. The lowest BCUT2D eigenvalue weighted by atomic mass is 9.89. The van der Waals surface area contributed by atoms with Crippen LogP contribution in [0.15, 0.2) is 18.2 Å². The second kappa shape index (κ2) is 5.70. The van der Waals surface area contributed by atoms with E-state index in [-0.39, 0.29) is 11.7 Å². The summed E-state index contributed by atoms with van der Waals surface area (Å²) in [4.78, 5) is 11.9. The Hall–Kier alpha value is -1.09. The van der Waals surface area contributed by atoms with E-state index in [9.17, 15) is 9.18 Å². The second-order valence-electron chi connectivity index (χ2n) is 4.92. The van der Waals surface area contributed by atoms with Crippen molar-refractivity contribution in [3.05, 3.63) is 34.6 Å². The molecule has 0 spiro atoms. The van der Waals surface area contributed by atoms with E-state index in [1.165, 1.54) is 24.6 Å². The SMILES string of the molecule is CC1CCCC(OC(=O)c2cc(Cl)ccc2F)C1. The van der Waals surface area contributed by atoms with Crippen LogP contribution in [-0.2, 0) is 4.74 Å². The molecule has 2 nitrogen and oxygen atoms in total. The molecule has 98 valence electrons. The number of benzene rings is 1. The highest BCUT2D eigenvalue weighted by atomic mass is 35.5. The molecule has 0 saturated heterocycles. The van der Waals surface area contributed by atoms with E-state index in [0.717, 1.165) is 19.3 Å². The zero-order valence-electron chi connectivity index (χ0n) is 10.3. The van der Waals surface area contributed by atoms with Gasteiger partial charge in [-0.25, -0.2) is 9.18 Å². The molecule has 2 atom stereocenters. The van der Waals surface area contributed by atoms with Gasteiger partial charge in [0.05, 0.1) is 5.56 Å². The first-order valence-electron chi connectivity index (χ1n) is 6.22. The van der Waals surface area contributed by atoms with Crippen LogP contribution in [-0.4, -0.2) is 12.1 Å². The fourth-order valence-corrected chi connectivity index (χ4v) is 2.53. The summed E-state index contributed by atoms with van der Waals surface area (Å²) >= 11 is 5.75. The van der Waals surface area contributed by atoms with Gasteiger partial charge in [0, 0.05) is 5.02 Å². The molecule has 18 heavy (non-hydrogen) atoms. The minimum Gasteiger partial charge on any atom is -0.459 e. The quantitative estimate of drug-likeness (QED) is 0.753. The molecule has 0 radical (unpaired) electrons. The smallest absolute Gasteiger partial charge is 0.341 e. The Balaban J connectivity index is 2.05. The molecular weight excluding hydrogens is 255 g/mol. The maximum Gasteiger partial charge on any atom is 0.341 e. The maximum absolute atomic E-state index is 13.5. The van der Waals surface area contributed by atoms with Crippen molar-refractivity contribution in [2.45, 2.75) is 38.7 Å². The standard InChI is InChI=1S/C14H16ClFO2/c1-9-3-2-4-11(7-9)18-14(17)12-8-10(15)5-6-13(12)16/h5-6,8-9,11H,2-4,7H2,1H3. The average molecular weight is 271 g/mol. The van der Waals surface area contributed by atoms with Crippen LogP contribution < -0.4 is 0 Å². The maximum atomic E-state index is 13.5. The van der Waals surface area contributed by atoms with Crippen LogP contribution in [0.25, 0.3) is 0 Å². The van der Waals surface area contributed by atoms with Crippen molar-refractivity contribution < 1.29 is 13.9 Å². The van der Waals surface area contributed by atoms with Gasteiger partial charge in [0.2, 0.25) is 0 Å². The van der Waals surface area contributed by atoms with Gasteiger partial charge in [-0.15, -0.1) is 0 Å². The third-order valence-corrected chi connectivity index (χ3v) is 3.55. The zero-order valence-corrected chi connectivity index (χ0v) is 11.0. The first kappa shape index (κ1) is 13.3. The van der Waals surface area contributed by atoms with E-state index in [4.69, 9.17) is 16.3 Å². The van der Waals surface area contributed by atoms with Gasteiger partial charge in [-0.2, -0.15) is 0 Å². The highest BCUT2D eigenvalue weighted by Gasteiger charge is 2.24. The minimum atomic E-state index is -0.617. The molecule has 0 heterocycles. The van der Waals surface area contributed by atoms with Crippen molar-refractivity contribution >= 4 is 17.6 Å². The van der Waals surface area contributed by atoms with Crippen molar-refractivity contribution in [1.82, 2.24) is 0 Å². The van der Waals surface area contributed by atoms with Crippen LogP contribution in [0, 0.1) is 11.7 Å². The Morgan fingerprint density at radius 3 is 2.94 bits per heavy atom. The molecular formula is C14H16ClFO2. The molecule has 1 aromatic rings. The summed E-state index contributed by atoms with van der Waals surface area (Å²) in [6.45, 7) is 2.14. The van der Waals surface area contributed by atoms with Crippen LogP contribution in [0.5, 0.6) is 0 Å². The van der Waals surface area contributed by atoms with Gasteiger partial charge >= 0.3 is 5.97 Å². The molecule has 2 unspecified atom stereocenters. The summed E-state index contributed by atoms with van der Waals surface area (Å²) in [6.07, 6.45) is 3.84. The highest BCUT2D eigenvalue weighted by molar-refractivity contribution is 6.30. The molecule has 1 aromatic carbocycles. The van der Waals surface area contributed by atoms with Gasteiger partial charge < -0.3 is 4.74 Å². The topological polar surface area (TPSA) is 26.3 Å². The molecule has 1 aliphatic carbocycles. The summed E-state index contributed by atoms with van der Waals surface area (Å²) in [7, 11) is 0. The summed E-state index contributed by atoms with van der Waals surface area (Å²) in [5.74, 6) is -0.650. The largest absolute Gasteiger partial charge is 0.459 e. The van der Waals surface area contributed by atoms with Gasteiger partial charge in [-0.1, -0.05) is 24.9 Å². The number of rotatable bonds is 2. The molecule has 1 aliphatic rings. The predicted molar refractivity (Wildman–Crippen MR) is 68.2 cm³/mol. The van der Waals surface area contributed by atoms with Crippen molar-refractivity contribution in [3.8, 4) is 0 Å². The molecule has 0 aromatic heterocycles. The summed E-state index contributed by atoms with van der Waals surface area (Å²) in [6, 6.07) is 3.91. The average Bonchev–Trinajstić information content (AvgIpc) is 2.32. The molecule has 0 amide bonds. The molecule has 0 aliphatic heterocycles. The molecule has 2 rings (SSSR count). The number of hydrogen-bond acceptors (Lipinski definition) is 2. The Bertz CT molecular complexity index is 447. The number of ether oxygens (including phenoxy) is 1. The zero-order chi connectivity index (χ0) is 13.1. The Kier molecular flexibility index (Phi) is 4.23. The number of carbonyl (C=O) groups excluding carboxylic acids is 1. The van der Waals surface area contributed by atoms with Crippen molar-refractivity contribution in [3.63, 3.8) is 0 Å². The minimum absolute atomic E-state index is 0.0827. The van der Waals surface area contributed by atoms with Crippen LogP contribution in [0.3, 0.4) is 0 Å². The third kappa shape index (κ3) is 3.22. The lowest BCUT2D eigenvalue weighted by molar-refractivity contribution is 0.0150. The summed E-state index contributed by atoms with van der Waals surface area (Å²) in [5.41, 5.74) is -0.0827. The fourth-order valence-electron chi connectivity index (χ4n) is 2.35. The first-order chi connectivity index (χ1) is 8.56. The van der Waals surface area contributed by atoms with Crippen LogP contribution in [0.4, 0.5) is 4.39 Å². The van der Waals surface area contributed by atoms with Gasteiger partial charge in [-0.05, 0) is 43.4 Å². The summed E-state index contributed by atoms with van der Waals surface area (Å²) in [5, 5.41) is 0.334. The molecule has 0 bridgehead atoms. The van der Waals surface area contributed by atoms with E-state index >= 15 is 0 Å². The molecule has 4 heteroatoms. The van der Waals surface area contributed by atoms with E-state index in [1.54, 1.807) is 0 Å². The van der Waals surface area contributed by atoms with Crippen LogP contribution >= 0.6 is 11.6 Å². The van der Waals surface area contributed by atoms with E-state index < -0.39 is 11.8 Å². The van der Waals surface area contributed by atoms with Gasteiger partial charge in [0.1, 0.15) is 11.9 Å². The van der Waals surface area contributed by atoms with Crippen molar-refractivity contribution in [2.24, 2.45) is 5.92 Å². The molecule has 1 saturated carbocycles. The van der Waals surface area contributed by atoms with Gasteiger partial charge in [0.15, 0.2) is 0 Å². The third-order valence-electron chi connectivity index (χ3n) is 3.31. The van der Waals surface area contributed by atoms with E-state index in [1.807, 2.05) is 0 Å². The number of esters is 1. The lowest BCUT2D eigenvalue weighted by Gasteiger charge is -2.26. The van der Waals surface area contributed by atoms with Crippen molar-refractivity contribution in [2.75, 3.05) is 0 Å². The molecule has 0 N–H and O–H groups in total. The monoisotopic (exact) mass is 270 g/mol. The van der Waals surface area contributed by atoms with E-state index in [2.05, 4.69) is 6.92 Å². The second-order valence-corrected chi connectivity index (χ2v) is 5.36. The summed E-state index contributed by atoms with van der Waals surface area (Å²) < 4.78 is 18.8. The normalized spacial score (nSPS) is 23.7. The van der Waals surface area contributed by atoms with Crippen LogP contribution in [0.2, 0.25) is 5.02 Å². The number of carbonyl (C=O) groups is 1. The lowest BCUT2D eigenvalue weighted by Crippen LogP contribution is -2.25. The van der Waals surface area contributed by atoms with Gasteiger partial charge in [0.25, 0.3) is 0 Å². The molecule has 1 fully saturated rings. The fraction of sp³-hybridized carbons (Fsp3) is 0.500.